The van der Waals surface area contributed by atoms with Crippen molar-refractivity contribution in [3.05, 3.63) is 27.7 Å². The molecule has 1 aliphatic carbocycles. The van der Waals surface area contributed by atoms with E-state index in [-0.39, 0.29) is 0 Å². The van der Waals surface area contributed by atoms with Crippen LogP contribution in [0.5, 0.6) is 0 Å². The Morgan fingerprint density at radius 3 is 2.24 bits per heavy atom. The van der Waals surface area contributed by atoms with E-state index in [1.807, 2.05) is 32.9 Å². The van der Waals surface area contributed by atoms with Gasteiger partial charge in [-0.15, -0.1) is 23.2 Å². The maximum atomic E-state index is 6.21. The zero-order valence-electron chi connectivity index (χ0n) is 12.0. The molecule has 1 saturated carbocycles. The van der Waals surface area contributed by atoms with Crippen molar-refractivity contribution < 1.29 is 0 Å². The summed E-state index contributed by atoms with van der Waals surface area (Å²) in [5, 5.41) is 1.07. The Labute approximate surface area is 145 Å². The first-order valence-electron chi connectivity index (χ1n) is 6.61. The minimum atomic E-state index is -0.795. The Balaban J connectivity index is 2.17. The number of nitrogens with one attached hydrogen (secondary N) is 2. The van der Waals surface area contributed by atoms with Gasteiger partial charge in [0.2, 0.25) is 0 Å². The molecule has 0 heterocycles. The van der Waals surface area contributed by atoms with Crippen LogP contribution >= 0.6 is 46.4 Å². The van der Waals surface area contributed by atoms with Gasteiger partial charge in [-0.05, 0) is 44.9 Å². The predicted molar refractivity (Wildman–Crippen MR) is 93.1 cm³/mol. The molecule has 0 amide bonds. The first-order valence-corrected chi connectivity index (χ1v) is 8.13. The lowest BCUT2D eigenvalue weighted by Crippen LogP contribution is -2.38. The minimum Gasteiger partial charge on any atom is -0.297 e. The second-order valence-electron chi connectivity index (χ2n) is 5.39. The number of benzene rings is 1. The summed E-state index contributed by atoms with van der Waals surface area (Å²) in [4.78, 5) is 4.43. The van der Waals surface area contributed by atoms with E-state index in [9.17, 15) is 0 Å². The van der Waals surface area contributed by atoms with Crippen LogP contribution in [0, 0.1) is 12.3 Å². The van der Waals surface area contributed by atoms with E-state index >= 15 is 0 Å². The van der Waals surface area contributed by atoms with E-state index in [1.54, 1.807) is 0 Å². The van der Waals surface area contributed by atoms with E-state index in [4.69, 9.17) is 46.4 Å². The second kappa shape index (κ2) is 6.04. The average Bonchev–Trinajstić information content (AvgIpc) is 2.86. The molecule has 0 saturated heterocycles. The van der Waals surface area contributed by atoms with Gasteiger partial charge in [-0.3, -0.25) is 15.8 Å². The summed E-state index contributed by atoms with van der Waals surface area (Å²) in [5.41, 5.74) is 7.27. The molecule has 116 valence electrons. The summed E-state index contributed by atoms with van der Waals surface area (Å²) in [6, 6.07) is 3.67. The van der Waals surface area contributed by atoms with Gasteiger partial charge in [0, 0.05) is 6.54 Å². The summed E-state index contributed by atoms with van der Waals surface area (Å²) in [7, 11) is 0. The number of aryl methyl sites for hydroxylation is 1. The molecule has 1 aliphatic rings. The topological polar surface area (TPSA) is 36.4 Å². The molecule has 1 unspecified atom stereocenters. The summed E-state index contributed by atoms with van der Waals surface area (Å²) >= 11 is 24.8. The Hall–Kier alpha value is -0.350. The number of anilines is 1. The molecule has 7 heteroatoms. The van der Waals surface area contributed by atoms with Gasteiger partial charge in [0.1, 0.15) is 10.2 Å². The minimum absolute atomic E-state index is 0.400. The third-order valence-electron chi connectivity index (χ3n) is 3.59. The number of aliphatic imine (C=N–C) groups is 1. The molecule has 0 spiro atoms. The van der Waals surface area contributed by atoms with Crippen molar-refractivity contribution in [2.24, 2.45) is 10.4 Å². The molecule has 2 rings (SSSR count). The third kappa shape index (κ3) is 3.37. The smallest absolute Gasteiger partial charge is 0.131 e. The van der Waals surface area contributed by atoms with E-state index in [2.05, 4.69) is 15.8 Å². The standard InChI is InChI=1S/C14H17Cl4N3/c1-4-19-12(13(3)7-14(13,17)18)21-20-11-9(15)5-8(2)6-10(11)16/h5-6,20H,4,7H2,1-3H3,(H,19,21). The van der Waals surface area contributed by atoms with E-state index in [0.717, 1.165) is 5.56 Å². The van der Waals surface area contributed by atoms with Crippen molar-refractivity contribution >= 4 is 57.9 Å². The first kappa shape index (κ1) is 17.0. The van der Waals surface area contributed by atoms with Gasteiger partial charge >= 0.3 is 0 Å². The van der Waals surface area contributed by atoms with Crippen molar-refractivity contribution in [3.63, 3.8) is 0 Å². The quantitative estimate of drug-likeness (QED) is 0.330. The molecule has 1 atom stereocenters. The third-order valence-corrected chi connectivity index (χ3v) is 5.29. The summed E-state index contributed by atoms with van der Waals surface area (Å²) in [5.74, 6) is 0.697. The van der Waals surface area contributed by atoms with Crippen LogP contribution in [0.2, 0.25) is 10.0 Å². The highest BCUT2D eigenvalue weighted by Gasteiger charge is 2.66. The molecular formula is C14H17Cl4N3. The number of alkyl halides is 2. The number of rotatable bonds is 4. The molecule has 1 aromatic rings. The van der Waals surface area contributed by atoms with E-state index < -0.39 is 9.75 Å². The summed E-state index contributed by atoms with van der Waals surface area (Å²) in [6.07, 6.45) is 0.645. The van der Waals surface area contributed by atoms with Gasteiger partial charge in [-0.2, -0.15) is 0 Å². The molecule has 21 heavy (non-hydrogen) atoms. The summed E-state index contributed by atoms with van der Waals surface area (Å²) in [6.45, 7) is 6.47. The largest absolute Gasteiger partial charge is 0.297 e. The molecule has 1 fully saturated rings. The molecule has 0 aliphatic heterocycles. The molecule has 2 N–H and O–H groups in total. The fraction of sp³-hybridized carbons (Fsp3) is 0.500. The molecule has 1 aromatic carbocycles. The molecule has 0 aromatic heterocycles. The van der Waals surface area contributed by atoms with Crippen molar-refractivity contribution in [2.45, 2.75) is 31.5 Å². The number of hydrogen-bond acceptors (Lipinski definition) is 2. The maximum Gasteiger partial charge on any atom is 0.131 e. The highest BCUT2D eigenvalue weighted by molar-refractivity contribution is 6.53. The van der Waals surface area contributed by atoms with Crippen LogP contribution in [0.15, 0.2) is 17.1 Å². The monoisotopic (exact) mass is 367 g/mol. The van der Waals surface area contributed by atoms with E-state index in [1.165, 1.54) is 0 Å². The lowest BCUT2D eigenvalue weighted by molar-refractivity contribution is 0.742. The van der Waals surface area contributed by atoms with Gasteiger partial charge in [-0.1, -0.05) is 23.2 Å². The highest BCUT2D eigenvalue weighted by Crippen LogP contribution is 2.64. The van der Waals surface area contributed by atoms with Gasteiger partial charge in [0.05, 0.1) is 21.1 Å². The molecule has 0 bridgehead atoms. The zero-order valence-corrected chi connectivity index (χ0v) is 15.1. The van der Waals surface area contributed by atoms with Gasteiger partial charge in [0.25, 0.3) is 0 Å². The van der Waals surface area contributed by atoms with Crippen LogP contribution in [-0.2, 0) is 0 Å². The number of amidine groups is 1. The maximum absolute atomic E-state index is 6.21. The molecule has 3 nitrogen and oxygen atoms in total. The Bertz CT molecular complexity index is 563. The van der Waals surface area contributed by atoms with Crippen molar-refractivity contribution in [1.29, 1.82) is 0 Å². The predicted octanol–water partition coefficient (Wildman–Crippen LogP) is 5.22. The number of hydrogen-bond donors (Lipinski definition) is 2. The molecular weight excluding hydrogens is 352 g/mol. The van der Waals surface area contributed by atoms with Crippen LogP contribution in [-0.4, -0.2) is 16.7 Å². The fourth-order valence-electron chi connectivity index (χ4n) is 2.11. The highest BCUT2D eigenvalue weighted by atomic mass is 35.5. The van der Waals surface area contributed by atoms with Crippen LogP contribution in [0.25, 0.3) is 0 Å². The van der Waals surface area contributed by atoms with Gasteiger partial charge in [-0.25, -0.2) is 0 Å². The number of hydrazine groups is 1. The number of halogens is 4. The second-order valence-corrected chi connectivity index (χ2v) is 7.69. The van der Waals surface area contributed by atoms with Crippen LogP contribution in [0.4, 0.5) is 5.69 Å². The van der Waals surface area contributed by atoms with Gasteiger partial charge in [0.15, 0.2) is 0 Å². The average molecular weight is 369 g/mol. The van der Waals surface area contributed by atoms with Crippen LogP contribution < -0.4 is 10.9 Å². The SMILES string of the molecule is CCN=C(NNc1c(Cl)cc(C)cc1Cl)C1(C)CC1(Cl)Cl. The Kier molecular flexibility index (Phi) is 4.89. The Morgan fingerprint density at radius 2 is 1.81 bits per heavy atom. The number of nitrogens with zero attached hydrogens (tertiary/aromatic N) is 1. The normalized spacial score (nSPS) is 23.9. The van der Waals surface area contributed by atoms with Crippen molar-refractivity contribution in [3.8, 4) is 0 Å². The molecule has 0 radical (unpaired) electrons. The first-order chi connectivity index (χ1) is 9.71. The van der Waals surface area contributed by atoms with Crippen LogP contribution in [0.1, 0.15) is 25.8 Å². The van der Waals surface area contributed by atoms with Crippen molar-refractivity contribution in [1.82, 2.24) is 5.43 Å². The zero-order chi connectivity index (χ0) is 15.8. The van der Waals surface area contributed by atoms with Crippen LogP contribution in [0.3, 0.4) is 0 Å². The lowest BCUT2D eigenvalue weighted by Gasteiger charge is -2.20. The fourth-order valence-corrected chi connectivity index (χ4v) is 3.51. The summed E-state index contributed by atoms with van der Waals surface area (Å²) < 4.78 is -0.795. The lowest BCUT2D eigenvalue weighted by atomic mass is 10.1. The van der Waals surface area contributed by atoms with E-state index in [0.29, 0.717) is 34.5 Å². The Morgan fingerprint density at radius 1 is 1.29 bits per heavy atom. The van der Waals surface area contributed by atoms with Crippen molar-refractivity contribution in [2.75, 3.05) is 12.0 Å². The van der Waals surface area contributed by atoms with Gasteiger partial charge < -0.3 is 0 Å².